The minimum atomic E-state index is 0. The molecule has 1 aromatic carbocycles. The molecule has 0 unspecified atom stereocenters. The average molecular weight is 526 g/mol. The number of hydrogen-bond donors (Lipinski definition) is 0. The molecule has 2 heterocycles. The molecule has 30 heavy (non-hydrogen) atoms. The zero-order valence-electron chi connectivity index (χ0n) is 17.8. The molecule has 0 radical (unpaired) electrons. The lowest BCUT2D eigenvalue weighted by Crippen LogP contribution is -3.00. The molecule has 2 aromatic rings. The Hall–Kier alpha value is -1.68. The van der Waals surface area contributed by atoms with E-state index in [2.05, 4.69) is 54.4 Å². The van der Waals surface area contributed by atoms with E-state index in [1.54, 1.807) is 0 Å². The van der Waals surface area contributed by atoms with Gasteiger partial charge in [0.25, 0.3) is 0 Å². The monoisotopic (exact) mass is 526 g/mol. The maximum absolute atomic E-state index is 6.06. The van der Waals surface area contributed by atoms with Crippen molar-refractivity contribution in [2.24, 2.45) is 7.05 Å². The number of halogens is 1. The van der Waals surface area contributed by atoms with E-state index in [1.807, 2.05) is 24.0 Å². The average Bonchev–Trinajstić information content (AvgIpc) is 2.74. The van der Waals surface area contributed by atoms with Crippen LogP contribution in [-0.2, 0) is 21.3 Å². The van der Waals surface area contributed by atoms with Gasteiger partial charge in [0.1, 0.15) is 19.4 Å². The van der Waals surface area contributed by atoms with Crippen molar-refractivity contribution in [1.29, 1.82) is 0 Å². The predicted octanol–water partition coefficient (Wildman–Crippen LogP) is -0.436. The van der Waals surface area contributed by atoms with Crippen LogP contribution < -0.4 is 38.2 Å². The molecule has 0 spiro atoms. The molecule has 7 heteroatoms. The summed E-state index contributed by atoms with van der Waals surface area (Å²) >= 11 is 0. The van der Waals surface area contributed by atoms with Crippen LogP contribution in [0.3, 0.4) is 0 Å². The van der Waals surface area contributed by atoms with Crippen LogP contribution in [0.2, 0.25) is 0 Å². The van der Waals surface area contributed by atoms with Gasteiger partial charge < -0.3 is 47.8 Å². The highest BCUT2D eigenvalue weighted by atomic mass is 127. The van der Waals surface area contributed by atoms with E-state index in [0.717, 1.165) is 29.1 Å². The van der Waals surface area contributed by atoms with Crippen molar-refractivity contribution in [1.82, 2.24) is 0 Å². The molecule has 0 bridgehead atoms. The van der Waals surface area contributed by atoms with Crippen LogP contribution in [0, 0.1) is 0 Å². The number of benzene rings is 1. The van der Waals surface area contributed by atoms with Crippen molar-refractivity contribution >= 4 is 17.8 Å². The normalized spacial score (nSPS) is 16.7. The first-order chi connectivity index (χ1) is 14.2. The Morgan fingerprint density at radius 1 is 0.800 bits per heavy atom. The summed E-state index contributed by atoms with van der Waals surface area (Å²) in [5.74, 6) is 0.851. The highest BCUT2D eigenvalue weighted by molar-refractivity contribution is 5.72. The van der Waals surface area contributed by atoms with Crippen molar-refractivity contribution in [2.45, 2.75) is 0 Å². The molecule has 0 fully saturated rings. The molecular formula is C23H31IN2O4. The van der Waals surface area contributed by atoms with E-state index in [-0.39, 0.29) is 24.0 Å². The summed E-state index contributed by atoms with van der Waals surface area (Å²) in [6, 6.07) is 10.5. The van der Waals surface area contributed by atoms with Gasteiger partial charge >= 0.3 is 0 Å². The van der Waals surface area contributed by atoms with E-state index in [4.69, 9.17) is 18.9 Å². The minimum absolute atomic E-state index is 0. The van der Waals surface area contributed by atoms with Gasteiger partial charge in [0.15, 0.2) is 12.4 Å². The SMILES string of the molecule is CN1CCOCCOCCOCCOc2cc(/C=C/c3cc[n+](C)cc3)ccc21.[I-]. The molecule has 0 amide bonds. The lowest BCUT2D eigenvalue weighted by molar-refractivity contribution is -0.671. The molecule has 1 aliphatic heterocycles. The second-order valence-electron chi connectivity index (χ2n) is 6.96. The summed E-state index contributed by atoms with van der Waals surface area (Å²) in [7, 11) is 4.06. The van der Waals surface area contributed by atoms with Gasteiger partial charge in [-0.1, -0.05) is 18.2 Å². The van der Waals surface area contributed by atoms with Crippen molar-refractivity contribution in [3.8, 4) is 5.75 Å². The smallest absolute Gasteiger partial charge is 0.169 e. The van der Waals surface area contributed by atoms with Gasteiger partial charge in [0.2, 0.25) is 0 Å². The predicted molar refractivity (Wildman–Crippen MR) is 114 cm³/mol. The van der Waals surface area contributed by atoms with Crippen LogP contribution in [0.4, 0.5) is 5.69 Å². The highest BCUT2D eigenvalue weighted by Crippen LogP contribution is 2.29. The van der Waals surface area contributed by atoms with Crippen LogP contribution >= 0.6 is 0 Å². The molecule has 164 valence electrons. The van der Waals surface area contributed by atoms with E-state index in [9.17, 15) is 0 Å². The number of rotatable bonds is 2. The molecule has 1 aliphatic rings. The zero-order chi connectivity index (χ0) is 20.3. The second kappa shape index (κ2) is 13.6. The van der Waals surface area contributed by atoms with Gasteiger partial charge in [-0.15, -0.1) is 0 Å². The Balaban J connectivity index is 0.00000320. The van der Waals surface area contributed by atoms with Crippen LogP contribution in [0.1, 0.15) is 11.1 Å². The zero-order valence-corrected chi connectivity index (χ0v) is 19.9. The van der Waals surface area contributed by atoms with Crippen molar-refractivity contribution in [3.05, 3.63) is 53.9 Å². The lowest BCUT2D eigenvalue weighted by atomic mass is 10.1. The van der Waals surface area contributed by atoms with Crippen LogP contribution in [0.5, 0.6) is 5.75 Å². The minimum Gasteiger partial charge on any atom is -1.00 e. The van der Waals surface area contributed by atoms with E-state index >= 15 is 0 Å². The Bertz CT molecular complexity index is 783. The molecule has 0 atom stereocenters. The third kappa shape index (κ3) is 8.22. The Morgan fingerprint density at radius 2 is 1.40 bits per heavy atom. The number of aryl methyl sites for hydroxylation is 1. The number of hydrogen-bond acceptors (Lipinski definition) is 5. The van der Waals surface area contributed by atoms with Crippen molar-refractivity contribution in [2.75, 3.05) is 64.7 Å². The summed E-state index contributed by atoms with van der Waals surface area (Å²) in [5.41, 5.74) is 3.29. The molecule has 0 saturated carbocycles. The maximum Gasteiger partial charge on any atom is 0.169 e. The Morgan fingerprint density at radius 3 is 2.10 bits per heavy atom. The first-order valence-corrected chi connectivity index (χ1v) is 10.1. The summed E-state index contributed by atoms with van der Waals surface area (Å²) in [6.07, 6.45) is 8.29. The lowest BCUT2D eigenvalue weighted by Gasteiger charge is -2.22. The highest BCUT2D eigenvalue weighted by Gasteiger charge is 2.10. The fraction of sp³-hybridized carbons (Fsp3) is 0.435. The molecular weight excluding hydrogens is 495 g/mol. The van der Waals surface area contributed by atoms with Crippen molar-refractivity contribution < 1.29 is 47.5 Å². The summed E-state index contributed by atoms with van der Waals surface area (Å²) in [6.45, 7) is 4.78. The molecule has 1 aromatic heterocycles. The standard InChI is InChI=1S/C23H31N2O4.HI/c1-24-9-7-20(8-10-24)3-4-21-5-6-22-23(19-21)29-18-17-28-16-15-27-14-13-26-12-11-25(22)2;/h3-10,19H,11-18H2,1-2H3;1H/q+1;/p-1. The van der Waals surface area contributed by atoms with Gasteiger partial charge in [-0.05, 0) is 23.3 Å². The number of nitrogens with zero attached hydrogens (tertiary/aromatic N) is 2. The first-order valence-electron chi connectivity index (χ1n) is 10.1. The number of anilines is 1. The topological polar surface area (TPSA) is 44.0 Å². The summed E-state index contributed by atoms with van der Waals surface area (Å²) in [5, 5.41) is 0. The van der Waals surface area contributed by atoms with Gasteiger partial charge in [0.05, 0.1) is 45.3 Å². The number of aromatic nitrogens is 1. The largest absolute Gasteiger partial charge is 1.00 e. The van der Waals surface area contributed by atoms with Crippen molar-refractivity contribution in [3.63, 3.8) is 0 Å². The molecule has 3 rings (SSSR count). The summed E-state index contributed by atoms with van der Waals surface area (Å²) in [4.78, 5) is 2.15. The third-order valence-corrected chi connectivity index (χ3v) is 4.67. The van der Waals surface area contributed by atoms with Crippen LogP contribution in [0.25, 0.3) is 12.2 Å². The second-order valence-corrected chi connectivity index (χ2v) is 6.96. The fourth-order valence-corrected chi connectivity index (χ4v) is 2.96. The maximum atomic E-state index is 6.06. The van der Waals surface area contributed by atoms with Gasteiger partial charge in [-0.25, -0.2) is 4.57 Å². The van der Waals surface area contributed by atoms with E-state index in [0.29, 0.717) is 46.2 Å². The van der Waals surface area contributed by atoms with Crippen LogP contribution in [-0.4, -0.2) is 59.8 Å². The number of pyridine rings is 1. The Kier molecular flexibility index (Phi) is 11.1. The number of fused-ring (bicyclic) bond motifs is 1. The van der Waals surface area contributed by atoms with Gasteiger partial charge in [-0.2, -0.15) is 0 Å². The van der Waals surface area contributed by atoms with E-state index < -0.39 is 0 Å². The first kappa shape index (κ1) is 24.6. The van der Waals surface area contributed by atoms with Crippen LogP contribution in [0.15, 0.2) is 42.7 Å². The van der Waals surface area contributed by atoms with Gasteiger partial charge in [0, 0.05) is 25.7 Å². The van der Waals surface area contributed by atoms with E-state index in [1.165, 1.54) is 0 Å². The molecule has 0 saturated heterocycles. The summed E-state index contributed by atoms with van der Waals surface area (Å²) < 4.78 is 24.8. The molecule has 6 nitrogen and oxygen atoms in total. The molecule has 0 N–H and O–H groups in total. The quantitative estimate of drug-likeness (QED) is 0.393. The fourth-order valence-electron chi connectivity index (χ4n) is 2.96. The van der Waals surface area contributed by atoms with Gasteiger partial charge in [-0.3, -0.25) is 0 Å². The molecule has 0 aliphatic carbocycles. The number of ether oxygens (including phenoxy) is 4. The third-order valence-electron chi connectivity index (χ3n) is 4.67. The number of likely N-dealkylation sites (N-methyl/N-ethyl adjacent to an activating group) is 1. The Labute approximate surface area is 196 Å².